The minimum Gasteiger partial charge on any atom is -0.461 e. The van der Waals surface area contributed by atoms with E-state index in [9.17, 15) is 29.4 Å². The van der Waals surface area contributed by atoms with Gasteiger partial charge in [0.2, 0.25) is 0 Å². The number of hydrogen-bond acceptors (Lipinski definition) is 9. The fraction of sp³-hybridized carbons (Fsp3) is 0.529. The van der Waals surface area contributed by atoms with Crippen molar-refractivity contribution in [1.82, 2.24) is 0 Å². The molecule has 1 spiro atoms. The van der Waals surface area contributed by atoms with Gasteiger partial charge in [-0.05, 0) is 68.2 Å². The maximum absolute atomic E-state index is 14.8. The van der Waals surface area contributed by atoms with Crippen molar-refractivity contribution in [3.63, 3.8) is 0 Å². The second-order valence-electron chi connectivity index (χ2n) is 12.9. The topological polar surface area (TPSA) is 136 Å². The number of hydrogen-bond donors (Lipinski definition) is 2. The van der Waals surface area contributed by atoms with Gasteiger partial charge >= 0.3 is 17.9 Å². The molecule has 4 aliphatic carbocycles. The van der Waals surface area contributed by atoms with Crippen LogP contribution in [-0.2, 0) is 28.6 Å². The Morgan fingerprint density at radius 3 is 2.42 bits per heavy atom. The Hall–Kier alpha value is -3.56. The van der Waals surface area contributed by atoms with E-state index in [1.165, 1.54) is 6.92 Å². The van der Waals surface area contributed by atoms with Crippen LogP contribution < -0.4 is 0 Å². The average molecular weight is 593 g/mol. The summed E-state index contributed by atoms with van der Waals surface area (Å²) in [5.74, 6) is -3.57. The summed E-state index contributed by atoms with van der Waals surface area (Å²) in [6.45, 7) is 9.79. The summed E-state index contributed by atoms with van der Waals surface area (Å²) in [6.07, 6.45) is 2.39. The van der Waals surface area contributed by atoms with Crippen LogP contribution in [0.1, 0.15) is 58.3 Å². The second-order valence-corrected chi connectivity index (χ2v) is 12.9. The van der Waals surface area contributed by atoms with E-state index >= 15 is 0 Å². The molecule has 9 nitrogen and oxygen atoms in total. The van der Waals surface area contributed by atoms with Crippen molar-refractivity contribution in [3.05, 3.63) is 70.8 Å². The molecule has 2 fully saturated rings. The zero-order valence-electron chi connectivity index (χ0n) is 25.5. The van der Waals surface area contributed by atoms with Gasteiger partial charge in [-0.15, -0.1) is 0 Å². The van der Waals surface area contributed by atoms with E-state index in [-0.39, 0.29) is 36.4 Å². The molecule has 4 aliphatic rings. The molecule has 0 amide bonds. The Labute approximate surface area is 251 Å². The molecular formula is C34H40O9. The lowest BCUT2D eigenvalue weighted by atomic mass is 9.59. The van der Waals surface area contributed by atoms with E-state index in [4.69, 9.17) is 14.2 Å². The Morgan fingerprint density at radius 1 is 1.12 bits per heavy atom. The standard InChI is InChI=1S/C34H40O9/c1-7-18(2)30(38)43-29-19(3)15-33-20(4)13-25-26(32(25,6)17-42-31(39)22-11-9-8-10-12-22)24(28(33)37)14-23(16-41-21(5)35)27(36)34(29,33)40/h7-12,14-15,20,24-27,29,36,40H,13,16-17H2,1-6H3/b18-7-/t20-,24+,25-,26+,27-,29+,32-,33+,34+/m1/s1. The molecule has 2 N–H and O–H groups in total. The van der Waals surface area contributed by atoms with Crippen LogP contribution in [0.4, 0.5) is 0 Å². The molecule has 0 heterocycles. The van der Waals surface area contributed by atoms with Crippen LogP contribution >= 0.6 is 0 Å². The van der Waals surface area contributed by atoms with E-state index in [0.29, 0.717) is 23.1 Å². The molecule has 2 bridgehead atoms. The first-order valence-corrected chi connectivity index (χ1v) is 14.8. The lowest BCUT2D eigenvalue weighted by molar-refractivity contribution is -0.202. The molecular weight excluding hydrogens is 552 g/mol. The molecule has 2 saturated carbocycles. The highest BCUT2D eigenvalue weighted by Crippen LogP contribution is 2.72. The molecule has 0 radical (unpaired) electrons. The third-order valence-corrected chi connectivity index (χ3v) is 10.5. The fourth-order valence-electron chi connectivity index (χ4n) is 7.99. The number of aliphatic hydroxyl groups is 2. The van der Waals surface area contributed by atoms with Crippen molar-refractivity contribution in [1.29, 1.82) is 0 Å². The molecule has 5 rings (SSSR count). The van der Waals surface area contributed by atoms with Crippen LogP contribution in [0, 0.1) is 34.5 Å². The number of carbonyl (C=O) groups excluding carboxylic acids is 4. The van der Waals surface area contributed by atoms with E-state index in [1.54, 1.807) is 63.3 Å². The zero-order valence-corrected chi connectivity index (χ0v) is 25.5. The summed E-state index contributed by atoms with van der Waals surface area (Å²) in [6, 6.07) is 8.69. The first kappa shape index (κ1) is 30.9. The van der Waals surface area contributed by atoms with Crippen molar-refractivity contribution in [2.75, 3.05) is 13.2 Å². The molecule has 0 saturated heterocycles. The quantitative estimate of drug-likeness (QED) is 0.210. The van der Waals surface area contributed by atoms with Gasteiger partial charge in [0.25, 0.3) is 0 Å². The number of aliphatic hydroxyl groups excluding tert-OH is 1. The van der Waals surface area contributed by atoms with Gasteiger partial charge in [-0.3, -0.25) is 9.59 Å². The lowest BCUT2D eigenvalue weighted by Crippen LogP contribution is -2.66. The highest BCUT2D eigenvalue weighted by atomic mass is 16.6. The number of carbonyl (C=O) groups is 4. The van der Waals surface area contributed by atoms with Crippen LogP contribution in [0.25, 0.3) is 0 Å². The SMILES string of the molecule is C/C=C(/C)C(=O)O[C@H]1C(C)=C[C@]23C(=O)[C@@H](C=C(COC(C)=O)[C@@H](O)[C@]12O)[C@H]1[C@@H](C[C@H]3C)[C@@]1(C)COC(=O)c1ccccc1. The minimum atomic E-state index is -2.25. The zero-order chi connectivity index (χ0) is 31.5. The van der Waals surface area contributed by atoms with Crippen LogP contribution in [0.15, 0.2) is 65.3 Å². The third kappa shape index (κ3) is 4.59. The minimum absolute atomic E-state index is 0.0364. The predicted molar refractivity (Wildman–Crippen MR) is 155 cm³/mol. The summed E-state index contributed by atoms with van der Waals surface area (Å²) in [5.41, 5.74) is -3.00. The third-order valence-electron chi connectivity index (χ3n) is 10.5. The van der Waals surface area contributed by atoms with E-state index in [2.05, 4.69) is 0 Å². The van der Waals surface area contributed by atoms with Crippen molar-refractivity contribution in [2.24, 2.45) is 34.5 Å². The summed E-state index contributed by atoms with van der Waals surface area (Å²) in [5, 5.41) is 24.6. The summed E-state index contributed by atoms with van der Waals surface area (Å²) >= 11 is 0. The van der Waals surface area contributed by atoms with Crippen LogP contribution in [0.5, 0.6) is 0 Å². The second kappa shape index (κ2) is 10.9. The molecule has 9 atom stereocenters. The monoisotopic (exact) mass is 592 g/mol. The first-order chi connectivity index (χ1) is 20.2. The van der Waals surface area contributed by atoms with Gasteiger partial charge in [-0.1, -0.05) is 50.3 Å². The fourth-order valence-corrected chi connectivity index (χ4v) is 7.99. The van der Waals surface area contributed by atoms with E-state index < -0.39 is 58.4 Å². The summed E-state index contributed by atoms with van der Waals surface area (Å²) < 4.78 is 16.9. The summed E-state index contributed by atoms with van der Waals surface area (Å²) in [4.78, 5) is 52.3. The number of fused-ring (bicyclic) bond motifs is 3. The van der Waals surface area contributed by atoms with Gasteiger partial charge < -0.3 is 24.4 Å². The predicted octanol–water partition coefficient (Wildman–Crippen LogP) is 3.74. The van der Waals surface area contributed by atoms with Gasteiger partial charge in [0.05, 0.1) is 17.6 Å². The van der Waals surface area contributed by atoms with Crippen molar-refractivity contribution >= 4 is 23.7 Å². The molecule has 0 unspecified atom stereocenters. The molecule has 9 heteroatoms. The van der Waals surface area contributed by atoms with Crippen molar-refractivity contribution < 1.29 is 43.6 Å². The van der Waals surface area contributed by atoms with Crippen molar-refractivity contribution in [3.8, 4) is 0 Å². The summed E-state index contributed by atoms with van der Waals surface area (Å²) in [7, 11) is 0. The van der Waals surface area contributed by atoms with Crippen LogP contribution in [0.3, 0.4) is 0 Å². The number of rotatable bonds is 7. The Bertz CT molecular complexity index is 1440. The Morgan fingerprint density at radius 2 is 1.79 bits per heavy atom. The van der Waals surface area contributed by atoms with Crippen LogP contribution in [-0.4, -0.2) is 64.9 Å². The van der Waals surface area contributed by atoms with Gasteiger partial charge in [0, 0.05) is 23.8 Å². The molecule has 0 aliphatic heterocycles. The largest absolute Gasteiger partial charge is 0.461 e. The van der Waals surface area contributed by atoms with Crippen LogP contribution in [0.2, 0.25) is 0 Å². The number of allylic oxidation sites excluding steroid dienone is 2. The molecule has 1 aromatic carbocycles. The van der Waals surface area contributed by atoms with Gasteiger partial charge in [-0.2, -0.15) is 0 Å². The lowest BCUT2D eigenvalue weighted by Gasteiger charge is -2.48. The highest BCUT2D eigenvalue weighted by molar-refractivity contribution is 5.96. The van der Waals surface area contributed by atoms with Crippen molar-refractivity contribution in [2.45, 2.75) is 65.8 Å². The number of esters is 3. The van der Waals surface area contributed by atoms with Gasteiger partial charge in [0.1, 0.15) is 12.7 Å². The smallest absolute Gasteiger partial charge is 0.338 e. The first-order valence-electron chi connectivity index (χ1n) is 14.8. The Balaban J connectivity index is 1.56. The van der Waals surface area contributed by atoms with E-state index in [1.807, 2.05) is 19.9 Å². The maximum atomic E-state index is 14.8. The van der Waals surface area contributed by atoms with E-state index in [0.717, 1.165) is 0 Å². The Kier molecular flexibility index (Phi) is 7.80. The number of benzene rings is 1. The number of ether oxygens (including phenoxy) is 3. The molecule has 0 aromatic heterocycles. The average Bonchev–Trinajstić information content (AvgIpc) is 3.52. The highest BCUT2D eigenvalue weighted by Gasteiger charge is 2.77. The molecule has 230 valence electrons. The molecule has 1 aromatic rings. The number of ketones is 1. The number of Topliss-reactive ketones (excluding diaryl/α,β-unsaturated/α-hetero) is 1. The van der Waals surface area contributed by atoms with Gasteiger partial charge in [0.15, 0.2) is 17.5 Å². The van der Waals surface area contributed by atoms with Gasteiger partial charge in [-0.25, -0.2) is 9.59 Å². The maximum Gasteiger partial charge on any atom is 0.338 e. The normalized spacial score (nSPS) is 38.0. The molecule has 43 heavy (non-hydrogen) atoms.